The van der Waals surface area contributed by atoms with Gasteiger partial charge in [-0.1, -0.05) is 36.4 Å². The van der Waals surface area contributed by atoms with Gasteiger partial charge < -0.3 is 14.8 Å². The molecule has 0 unspecified atom stereocenters. The van der Waals surface area contributed by atoms with Gasteiger partial charge in [0.2, 0.25) is 0 Å². The lowest BCUT2D eigenvalue weighted by Gasteiger charge is -2.30. The molecule has 0 spiro atoms. The summed E-state index contributed by atoms with van der Waals surface area (Å²) >= 11 is 3.66. The van der Waals surface area contributed by atoms with Gasteiger partial charge in [0.25, 0.3) is 0 Å². The summed E-state index contributed by atoms with van der Waals surface area (Å²) < 4.78 is 2.35. The van der Waals surface area contributed by atoms with E-state index in [0.717, 1.165) is 12.8 Å². The smallest absolute Gasteiger partial charge is 0.318 e. The van der Waals surface area contributed by atoms with Crippen molar-refractivity contribution in [3.63, 3.8) is 0 Å². The van der Waals surface area contributed by atoms with E-state index in [1.165, 1.54) is 56.4 Å². The molecule has 168 valence electrons. The van der Waals surface area contributed by atoms with Crippen molar-refractivity contribution in [3.8, 4) is 5.00 Å². The zero-order valence-corrected chi connectivity index (χ0v) is 20.1. The fraction of sp³-hybridized carbons (Fsp3) is 0.296. The molecule has 6 heteroatoms. The molecule has 1 atom stereocenters. The Morgan fingerprint density at radius 2 is 1.88 bits per heavy atom. The second-order valence-corrected chi connectivity index (χ2v) is 10.9. The van der Waals surface area contributed by atoms with Crippen LogP contribution in [0, 0.1) is 0 Å². The number of nitrogens with zero attached hydrogens (tertiary/aromatic N) is 2. The van der Waals surface area contributed by atoms with Gasteiger partial charge in [-0.25, -0.2) is 4.79 Å². The monoisotopic (exact) mass is 473 g/mol. The highest BCUT2D eigenvalue weighted by Crippen LogP contribution is 2.44. The lowest BCUT2D eigenvalue weighted by atomic mass is 9.95. The first-order valence-corrected chi connectivity index (χ1v) is 13.4. The maximum absolute atomic E-state index is 13.7. The Morgan fingerprint density at radius 1 is 1.00 bits per heavy atom. The van der Waals surface area contributed by atoms with E-state index in [9.17, 15) is 4.79 Å². The molecule has 1 N–H and O–H groups in total. The Balaban J connectivity index is 1.37. The van der Waals surface area contributed by atoms with Crippen molar-refractivity contribution in [1.29, 1.82) is 0 Å². The maximum Gasteiger partial charge on any atom is 0.318 e. The summed E-state index contributed by atoms with van der Waals surface area (Å²) in [5.41, 5.74) is 5.26. The van der Waals surface area contributed by atoms with E-state index in [4.69, 9.17) is 0 Å². The number of nitrogens with one attached hydrogen (secondary N) is 1. The number of fused-ring (bicyclic) bond motifs is 5. The van der Waals surface area contributed by atoms with Crippen LogP contribution in [0.4, 0.5) is 4.79 Å². The van der Waals surface area contributed by atoms with Crippen LogP contribution in [0.15, 0.2) is 66.2 Å². The van der Waals surface area contributed by atoms with Gasteiger partial charge in [0, 0.05) is 28.1 Å². The van der Waals surface area contributed by atoms with Crippen LogP contribution in [0.3, 0.4) is 0 Å². The zero-order chi connectivity index (χ0) is 22.2. The average molecular weight is 474 g/mol. The predicted octanol–water partition coefficient (Wildman–Crippen LogP) is 6.34. The van der Waals surface area contributed by atoms with Crippen molar-refractivity contribution in [3.05, 3.63) is 98.3 Å². The molecule has 2 aliphatic rings. The van der Waals surface area contributed by atoms with Gasteiger partial charge in [-0.15, -0.1) is 22.7 Å². The quantitative estimate of drug-likeness (QED) is 0.369. The minimum atomic E-state index is -0.0874. The lowest BCUT2D eigenvalue weighted by Crippen LogP contribution is -2.42. The van der Waals surface area contributed by atoms with Crippen molar-refractivity contribution in [2.24, 2.45) is 0 Å². The van der Waals surface area contributed by atoms with Crippen LogP contribution in [-0.2, 0) is 25.8 Å². The van der Waals surface area contributed by atoms with Crippen molar-refractivity contribution in [2.45, 2.75) is 44.7 Å². The molecule has 0 bridgehead atoms. The third kappa shape index (κ3) is 3.81. The molecule has 2 amide bonds. The Hall–Kier alpha value is -2.83. The minimum Gasteiger partial charge on any atom is -0.338 e. The molecule has 0 saturated carbocycles. The maximum atomic E-state index is 13.7. The highest BCUT2D eigenvalue weighted by Gasteiger charge is 2.36. The normalized spacial score (nSPS) is 17.1. The van der Waals surface area contributed by atoms with Crippen molar-refractivity contribution < 1.29 is 4.79 Å². The van der Waals surface area contributed by atoms with E-state index in [1.807, 2.05) is 29.5 Å². The van der Waals surface area contributed by atoms with Crippen molar-refractivity contribution >= 4 is 28.7 Å². The number of carbonyl (C=O) groups excluding carboxylic acids is 1. The first kappa shape index (κ1) is 20.8. The number of aromatic nitrogens is 1. The SMILES string of the molecule is O=C(NCCc1ccccc1)N1Cc2c(sc3c2CCCC3)-n2cccc2[C@@H]1c1cccs1. The second-order valence-electron chi connectivity index (χ2n) is 8.81. The molecule has 1 aliphatic carbocycles. The molecular weight excluding hydrogens is 446 g/mol. The first-order valence-electron chi connectivity index (χ1n) is 11.7. The Kier molecular flexibility index (Phi) is 5.56. The summed E-state index contributed by atoms with van der Waals surface area (Å²) in [6.45, 7) is 1.29. The number of benzene rings is 1. The van der Waals surface area contributed by atoms with Crippen LogP contribution >= 0.6 is 22.7 Å². The molecule has 3 aromatic heterocycles. The van der Waals surface area contributed by atoms with E-state index in [0.29, 0.717) is 13.1 Å². The Morgan fingerprint density at radius 3 is 2.73 bits per heavy atom. The molecule has 0 fully saturated rings. The number of amides is 2. The third-order valence-electron chi connectivity index (χ3n) is 6.79. The number of hydrogen-bond donors (Lipinski definition) is 1. The Labute approximate surface area is 202 Å². The topological polar surface area (TPSA) is 37.3 Å². The molecule has 33 heavy (non-hydrogen) atoms. The highest BCUT2D eigenvalue weighted by atomic mass is 32.1. The van der Waals surface area contributed by atoms with Crippen molar-refractivity contribution in [1.82, 2.24) is 14.8 Å². The van der Waals surface area contributed by atoms with Gasteiger partial charge in [-0.3, -0.25) is 0 Å². The number of rotatable bonds is 4. The summed E-state index contributed by atoms with van der Waals surface area (Å²) in [4.78, 5) is 18.5. The zero-order valence-electron chi connectivity index (χ0n) is 18.5. The number of thiophene rings is 2. The number of hydrogen-bond acceptors (Lipinski definition) is 3. The van der Waals surface area contributed by atoms with Crippen molar-refractivity contribution in [2.75, 3.05) is 6.54 Å². The van der Waals surface area contributed by atoms with Crippen LogP contribution in [0.1, 0.15) is 51.0 Å². The highest BCUT2D eigenvalue weighted by molar-refractivity contribution is 7.15. The third-order valence-corrected chi connectivity index (χ3v) is 9.04. The van der Waals surface area contributed by atoms with E-state index >= 15 is 0 Å². The van der Waals surface area contributed by atoms with Gasteiger partial charge >= 0.3 is 6.03 Å². The summed E-state index contributed by atoms with van der Waals surface area (Å²) in [5.74, 6) is 0. The van der Waals surface area contributed by atoms with Crippen LogP contribution in [-0.4, -0.2) is 22.0 Å². The average Bonchev–Trinajstić information content (AvgIpc) is 3.59. The fourth-order valence-electron chi connectivity index (χ4n) is 5.19. The number of urea groups is 1. The molecule has 0 saturated heterocycles. The summed E-state index contributed by atoms with van der Waals surface area (Å²) in [7, 11) is 0. The fourth-order valence-corrected chi connectivity index (χ4v) is 7.45. The Bertz CT molecular complexity index is 1260. The molecule has 6 rings (SSSR count). The molecule has 0 radical (unpaired) electrons. The standard InChI is InChI=1S/C27H27N3OS2/c31-27(28-15-14-19-8-2-1-3-9-19)30-18-21-20-10-4-5-12-23(20)33-26(21)29-16-6-11-22(29)25(30)24-13-7-17-32-24/h1-3,6-9,11,13,16-17,25H,4-5,10,12,14-15,18H2,(H,28,31)/t25-/m1/s1. The van der Waals surface area contributed by atoms with Gasteiger partial charge in [0.05, 0.1) is 12.2 Å². The number of carbonyl (C=O) groups is 1. The van der Waals surface area contributed by atoms with Crippen LogP contribution < -0.4 is 5.32 Å². The lowest BCUT2D eigenvalue weighted by molar-refractivity contribution is 0.181. The van der Waals surface area contributed by atoms with E-state index in [1.54, 1.807) is 11.3 Å². The molecule has 4 nitrogen and oxygen atoms in total. The van der Waals surface area contributed by atoms with Gasteiger partial charge in [-0.2, -0.15) is 0 Å². The molecule has 1 aliphatic heterocycles. The minimum absolute atomic E-state index is 0.0145. The van der Waals surface area contributed by atoms with E-state index in [2.05, 4.69) is 62.8 Å². The van der Waals surface area contributed by atoms with Crippen LogP contribution in [0.5, 0.6) is 0 Å². The summed E-state index contributed by atoms with van der Waals surface area (Å²) in [6, 6.07) is 18.8. The van der Waals surface area contributed by atoms with E-state index in [-0.39, 0.29) is 12.1 Å². The first-order chi connectivity index (χ1) is 16.3. The predicted molar refractivity (Wildman–Crippen MR) is 136 cm³/mol. The molecule has 4 aromatic rings. The molecule has 1 aromatic carbocycles. The van der Waals surface area contributed by atoms with Crippen LogP contribution in [0.2, 0.25) is 0 Å². The number of aryl methyl sites for hydroxylation is 1. The van der Waals surface area contributed by atoms with E-state index < -0.39 is 0 Å². The van der Waals surface area contributed by atoms with Gasteiger partial charge in [-0.05, 0) is 66.8 Å². The molecule has 4 heterocycles. The van der Waals surface area contributed by atoms with Gasteiger partial charge in [0.15, 0.2) is 0 Å². The van der Waals surface area contributed by atoms with Gasteiger partial charge in [0.1, 0.15) is 11.0 Å². The molecular formula is C27H27N3OS2. The van der Waals surface area contributed by atoms with Crippen LogP contribution in [0.25, 0.3) is 5.00 Å². The summed E-state index contributed by atoms with van der Waals surface area (Å²) in [6.07, 6.45) is 7.82. The summed E-state index contributed by atoms with van der Waals surface area (Å²) in [5, 5.41) is 6.65. The largest absolute Gasteiger partial charge is 0.338 e. The second kappa shape index (κ2) is 8.84.